The summed E-state index contributed by atoms with van der Waals surface area (Å²) in [6.07, 6.45) is 2.65. The Hall–Kier alpha value is -1.68. The van der Waals surface area contributed by atoms with E-state index < -0.39 is 6.10 Å². The quantitative estimate of drug-likeness (QED) is 0.775. The minimum absolute atomic E-state index is 0.460. The molecule has 0 aliphatic carbocycles. The zero-order valence-electron chi connectivity index (χ0n) is 7.83. The second-order valence-electron chi connectivity index (χ2n) is 3.11. The van der Waals surface area contributed by atoms with E-state index in [0.717, 1.165) is 11.3 Å². The zero-order chi connectivity index (χ0) is 9.97. The molecule has 4 nitrogen and oxygen atoms in total. The predicted octanol–water partition coefficient (Wildman–Crippen LogP) is 1.32. The average Bonchev–Trinajstić information content (AvgIpc) is 2.71. The molecule has 4 heteroatoms. The summed E-state index contributed by atoms with van der Waals surface area (Å²) in [5.41, 5.74) is 1.78. The van der Waals surface area contributed by atoms with Crippen LogP contribution in [0.2, 0.25) is 0 Å². The molecule has 1 atom stereocenters. The molecule has 0 spiro atoms. The van der Waals surface area contributed by atoms with Crippen LogP contribution in [-0.2, 0) is 0 Å². The van der Waals surface area contributed by atoms with E-state index in [1.807, 2.05) is 24.3 Å². The largest absolute Gasteiger partial charge is 0.389 e. The molecule has 1 heterocycles. The Labute approximate surface area is 81.8 Å². The first-order chi connectivity index (χ1) is 6.77. The van der Waals surface area contributed by atoms with E-state index in [9.17, 15) is 5.11 Å². The third-order valence-corrected chi connectivity index (χ3v) is 2.04. The van der Waals surface area contributed by atoms with Gasteiger partial charge in [-0.15, -0.1) is 0 Å². The summed E-state index contributed by atoms with van der Waals surface area (Å²) in [5, 5.41) is 13.4. The Balaban J connectivity index is 2.41. The van der Waals surface area contributed by atoms with Crippen LogP contribution in [0.3, 0.4) is 0 Å². The van der Waals surface area contributed by atoms with E-state index in [0.29, 0.717) is 0 Å². The van der Waals surface area contributed by atoms with E-state index >= 15 is 0 Å². The minimum atomic E-state index is -0.460. The maximum atomic E-state index is 9.40. The fourth-order valence-corrected chi connectivity index (χ4v) is 1.27. The van der Waals surface area contributed by atoms with Crippen LogP contribution in [0.1, 0.15) is 18.6 Å². The van der Waals surface area contributed by atoms with Gasteiger partial charge in [-0.3, -0.25) is 0 Å². The second kappa shape index (κ2) is 3.59. The molecule has 72 valence electrons. The molecule has 0 aliphatic heterocycles. The monoisotopic (exact) mass is 189 g/mol. The van der Waals surface area contributed by atoms with Gasteiger partial charge in [0.2, 0.25) is 0 Å². The summed E-state index contributed by atoms with van der Waals surface area (Å²) in [6, 6.07) is 7.57. The van der Waals surface area contributed by atoms with Gasteiger partial charge in [-0.05, 0) is 24.6 Å². The molecule has 1 unspecified atom stereocenters. The molecule has 1 N–H and O–H groups in total. The van der Waals surface area contributed by atoms with Gasteiger partial charge in [0, 0.05) is 0 Å². The van der Waals surface area contributed by atoms with Crippen LogP contribution in [-0.4, -0.2) is 19.9 Å². The van der Waals surface area contributed by atoms with Crippen molar-refractivity contribution < 1.29 is 5.11 Å². The zero-order valence-corrected chi connectivity index (χ0v) is 7.83. The molecule has 0 fully saturated rings. The number of hydrogen-bond acceptors (Lipinski definition) is 3. The molecule has 1 aromatic carbocycles. The third-order valence-electron chi connectivity index (χ3n) is 2.04. The third kappa shape index (κ3) is 1.65. The first-order valence-corrected chi connectivity index (χ1v) is 4.40. The van der Waals surface area contributed by atoms with Gasteiger partial charge in [-0.1, -0.05) is 12.1 Å². The van der Waals surface area contributed by atoms with E-state index in [1.54, 1.807) is 17.9 Å². The normalized spacial score (nSPS) is 12.7. The van der Waals surface area contributed by atoms with Gasteiger partial charge in [0.1, 0.15) is 12.7 Å². The fraction of sp³-hybridized carbons (Fsp3) is 0.200. The molecule has 0 amide bonds. The Morgan fingerprint density at radius 2 is 2.29 bits per heavy atom. The van der Waals surface area contributed by atoms with Gasteiger partial charge < -0.3 is 5.11 Å². The number of hydrogen-bond donors (Lipinski definition) is 1. The van der Waals surface area contributed by atoms with Gasteiger partial charge in [0.05, 0.1) is 11.8 Å². The topological polar surface area (TPSA) is 50.9 Å². The molecule has 1 aromatic heterocycles. The smallest absolute Gasteiger partial charge is 0.138 e. The van der Waals surface area contributed by atoms with Crippen LogP contribution in [0.5, 0.6) is 0 Å². The molecular weight excluding hydrogens is 178 g/mol. The lowest BCUT2D eigenvalue weighted by molar-refractivity contribution is 0.199. The van der Waals surface area contributed by atoms with Crippen LogP contribution in [0.15, 0.2) is 36.9 Å². The summed E-state index contributed by atoms with van der Waals surface area (Å²) >= 11 is 0. The van der Waals surface area contributed by atoms with Crippen LogP contribution in [0.25, 0.3) is 5.69 Å². The maximum absolute atomic E-state index is 9.40. The van der Waals surface area contributed by atoms with Gasteiger partial charge in [0.15, 0.2) is 0 Å². The predicted molar refractivity (Wildman–Crippen MR) is 52.0 cm³/mol. The Kier molecular flexibility index (Phi) is 2.28. The Bertz CT molecular complexity index is 409. The first-order valence-electron chi connectivity index (χ1n) is 4.40. The van der Waals surface area contributed by atoms with Crippen molar-refractivity contribution >= 4 is 0 Å². The lowest BCUT2D eigenvalue weighted by atomic mass is 10.1. The summed E-state index contributed by atoms with van der Waals surface area (Å²) in [6.45, 7) is 1.74. The van der Waals surface area contributed by atoms with Crippen molar-refractivity contribution in [2.75, 3.05) is 0 Å². The number of rotatable bonds is 2. The highest BCUT2D eigenvalue weighted by Gasteiger charge is 2.02. The molecule has 2 rings (SSSR count). The molecular formula is C10H11N3O. The van der Waals surface area contributed by atoms with Crippen LogP contribution < -0.4 is 0 Å². The highest BCUT2D eigenvalue weighted by Crippen LogP contribution is 2.15. The number of aromatic nitrogens is 3. The van der Waals surface area contributed by atoms with Crippen molar-refractivity contribution in [3.8, 4) is 5.69 Å². The summed E-state index contributed by atoms with van der Waals surface area (Å²) < 4.78 is 1.66. The Morgan fingerprint density at radius 1 is 1.43 bits per heavy atom. The number of nitrogens with zero attached hydrogens (tertiary/aromatic N) is 3. The molecule has 0 aliphatic rings. The minimum Gasteiger partial charge on any atom is -0.389 e. The average molecular weight is 189 g/mol. The SMILES string of the molecule is CC(O)c1cccc(-n2cncn2)c1. The van der Waals surface area contributed by atoms with E-state index in [1.165, 1.54) is 6.33 Å². The molecule has 0 bridgehead atoms. The maximum Gasteiger partial charge on any atom is 0.138 e. The van der Waals surface area contributed by atoms with Crippen LogP contribution in [0.4, 0.5) is 0 Å². The van der Waals surface area contributed by atoms with Crippen LogP contribution >= 0.6 is 0 Å². The standard InChI is InChI=1S/C10H11N3O/c1-8(14)9-3-2-4-10(5-9)13-7-11-6-12-13/h2-8,14H,1H3. The second-order valence-corrected chi connectivity index (χ2v) is 3.11. The fourth-order valence-electron chi connectivity index (χ4n) is 1.27. The Morgan fingerprint density at radius 3 is 2.93 bits per heavy atom. The highest BCUT2D eigenvalue weighted by atomic mass is 16.3. The molecule has 0 radical (unpaired) electrons. The van der Waals surface area contributed by atoms with Gasteiger partial charge in [-0.2, -0.15) is 5.10 Å². The van der Waals surface area contributed by atoms with Crippen molar-refractivity contribution in [2.24, 2.45) is 0 Å². The highest BCUT2D eigenvalue weighted by molar-refractivity contribution is 5.35. The van der Waals surface area contributed by atoms with Crippen molar-refractivity contribution in [3.05, 3.63) is 42.5 Å². The van der Waals surface area contributed by atoms with Gasteiger partial charge in [0.25, 0.3) is 0 Å². The van der Waals surface area contributed by atoms with Gasteiger partial charge in [-0.25, -0.2) is 9.67 Å². The van der Waals surface area contributed by atoms with Crippen molar-refractivity contribution in [3.63, 3.8) is 0 Å². The van der Waals surface area contributed by atoms with E-state index in [2.05, 4.69) is 10.1 Å². The molecule has 0 saturated heterocycles. The lowest BCUT2D eigenvalue weighted by Crippen LogP contribution is -1.97. The molecule has 2 aromatic rings. The van der Waals surface area contributed by atoms with Crippen molar-refractivity contribution in [1.82, 2.24) is 14.8 Å². The molecule has 0 saturated carbocycles. The summed E-state index contributed by atoms with van der Waals surface area (Å²) in [7, 11) is 0. The number of benzene rings is 1. The van der Waals surface area contributed by atoms with E-state index in [4.69, 9.17) is 0 Å². The van der Waals surface area contributed by atoms with Crippen LogP contribution in [0, 0.1) is 0 Å². The molecule has 14 heavy (non-hydrogen) atoms. The van der Waals surface area contributed by atoms with Crippen molar-refractivity contribution in [2.45, 2.75) is 13.0 Å². The van der Waals surface area contributed by atoms with E-state index in [-0.39, 0.29) is 0 Å². The summed E-state index contributed by atoms with van der Waals surface area (Å²) in [5.74, 6) is 0. The van der Waals surface area contributed by atoms with Crippen molar-refractivity contribution in [1.29, 1.82) is 0 Å². The summed E-state index contributed by atoms with van der Waals surface area (Å²) in [4.78, 5) is 3.86. The lowest BCUT2D eigenvalue weighted by Gasteiger charge is -2.06. The number of aliphatic hydroxyl groups is 1. The van der Waals surface area contributed by atoms with Gasteiger partial charge >= 0.3 is 0 Å². The number of aliphatic hydroxyl groups excluding tert-OH is 1. The first kappa shape index (κ1) is 8.90.